The van der Waals surface area contributed by atoms with Crippen molar-refractivity contribution in [2.45, 2.75) is 25.3 Å². The fraction of sp³-hybridized carbons (Fsp3) is 0.150. The van der Waals surface area contributed by atoms with Crippen LogP contribution in [0.25, 0.3) is 0 Å². The molecule has 5 nitrogen and oxygen atoms in total. The maximum atomic E-state index is 12.5. The van der Waals surface area contributed by atoms with Gasteiger partial charge in [0.25, 0.3) is 15.9 Å². The Morgan fingerprint density at radius 2 is 1.74 bits per heavy atom. The molecule has 0 fully saturated rings. The number of nitrogens with one attached hydrogen (secondary N) is 2. The number of sulfonamides is 1. The van der Waals surface area contributed by atoms with Gasteiger partial charge in [-0.1, -0.05) is 12.1 Å². The summed E-state index contributed by atoms with van der Waals surface area (Å²) in [6.07, 6.45) is 0. The van der Waals surface area contributed by atoms with E-state index in [1.807, 2.05) is 31.4 Å². The van der Waals surface area contributed by atoms with Crippen LogP contribution < -0.4 is 10.0 Å². The zero-order valence-electron chi connectivity index (χ0n) is 15.0. The van der Waals surface area contributed by atoms with Crippen molar-refractivity contribution < 1.29 is 13.2 Å². The molecule has 2 N–H and O–H groups in total. The number of aryl methyl sites for hydroxylation is 2. The van der Waals surface area contributed by atoms with E-state index >= 15 is 0 Å². The van der Waals surface area contributed by atoms with Gasteiger partial charge >= 0.3 is 0 Å². The number of benzene rings is 2. The molecule has 0 unspecified atom stereocenters. The monoisotopic (exact) mass is 400 g/mol. The molecule has 3 aromatic rings. The lowest BCUT2D eigenvalue weighted by molar-refractivity contribution is 0.0951. The summed E-state index contributed by atoms with van der Waals surface area (Å²) in [6, 6.07) is 15.3. The molecule has 2 aromatic carbocycles. The highest BCUT2D eigenvalue weighted by Crippen LogP contribution is 2.19. The first kappa shape index (κ1) is 19.1. The minimum absolute atomic E-state index is 0.202. The summed E-state index contributed by atoms with van der Waals surface area (Å²) in [5.74, 6) is -0.202. The summed E-state index contributed by atoms with van der Waals surface area (Å²) in [5.41, 5.74) is 2.83. The molecule has 27 heavy (non-hydrogen) atoms. The van der Waals surface area contributed by atoms with Gasteiger partial charge in [-0.15, -0.1) is 11.3 Å². The van der Waals surface area contributed by atoms with Crippen molar-refractivity contribution in [3.8, 4) is 0 Å². The van der Waals surface area contributed by atoms with Gasteiger partial charge in [0.1, 0.15) is 0 Å². The average molecular weight is 401 g/mol. The Balaban J connectivity index is 1.67. The SMILES string of the molecule is Cc1ccc(S(=O)(=O)Nc2ccc(C(=O)NCc3cccs3)cc2)cc1C. The minimum atomic E-state index is -3.67. The van der Waals surface area contributed by atoms with Gasteiger partial charge in [-0.2, -0.15) is 0 Å². The number of hydrogen-bond acceptors (Lipinski definition) is 4. The minimum Gasteiger partial charge on any atom is -0.347 e. The molecule has 0 aliphatic heterocycles. The lowest BCUT2D eigenvalue weighted by atomic mass is 10.1. The van der Waals surface area contributed by atoms with Gasteiger partial charge in [-0.3, -0.25) is 9.52 Å². The average Bonchev–Trinajstić information content (AvgIpc) is 3.16. The van der Waals surface area contributed by atoms with Crippen molar-refractivity contribution in [2.75, 3.05) is 4.72 Å². The molecule has 0 atom stereocenters. The van der Waals surface area contributed by atoms with Crippen LogP contribution in [-0.4, -0.2) is 14.3 Å². The molecule has 0 aliphatic rings. The molecular formula is C20H20N2O3S2. The molecule has 140 valence electrons. The molecule has 1 heterocycles. The predicted octanol–water partition coefficient (Wildman–Crippen LogP) is 4.10. The van der Waals surface area contributed by atoms with E-state index in [0.29, 0.717) is 17.8 Å². The van der Waals surface area contributed by atoms with Crippen molar-refractivity contribution in [1.82, 2.24) is 5.32 Å². The number of rotatable bonds is 6. The number of amides is 1. The number of hydrogen-bond donors (Lipinski definition) is 2. The maximum Gasteiger partial charge on any atom is 0.261 e. The van der Waals surface area contributed by atoms with Gasteiger partial charge in [0.2, 0.25) is 0 Å². The molecule has 1 aromatic heterocycles. The van der Waals surface area contributed by atoms with Crippen molar-refractivity contribution >= 4 is 33.0 Å². The van der Waals surface area contributed by atoms with E-state index in [-0.39, 0.29) is 10.8 Å². The number of thiophene rings is 1. The Bertz CT molecular complexity index is 1040. The van der Waals surface area contributed by atoms with Crippen molar-refractivity contribution in [3.63, 3.8) is 0 Å². The number of carbonyl (C=O) groups is 1. The summed E-state index contributed by atoms with van der Waals surface area (Å²) in [5, 5.41) is 4.80. The van der Waals surface area contributed by atoms with E-state index in [1.54, 1.807) is 53.8 Å². The smallest absolute Gasteiger partial charge is 0.261 e. The zero-order chi connectivity index (χ0) is 19.4. The third kappa shape index (κ3) is 4.75. The molecule has 3 rings (SSSR count). The highest BCUT2D eigenvalue weighted by Gasteiger charge is 2.15. The first-order valence-corrected chi connectivity index (χ1v) is 10.7. The van der Waals surface area contributed by atoms with Crippen LogP contribution >= 0.6 is 11.3 Å². The summed E-state index contributed by atoms with van der Waals surface area (Å²) in [6.45, 7) is 4.27. The maximum absolute atomic E-state index is 12.5. The van der Waals surface area contributed by atoms with Gasteiger partial charge in [0.05, 0.1) is 11.4 Å². The van der Waals surface area contributed by atoms with Crippen molar-refractivity contribution in [3.05, 3.63) is 81.5 Å². The summed E-state index contributed by atoms with van der Waals surface area (Å²) < 4.78 is 27.6. The van der Waals surface area contributed by atoms with Crippen LogP contribution in [0.4, 0.5) is 5.69 Å². The van der Waals surface area contributed by atoms with Gasteiger partial charge in [-0.05, 0) is 72.8 Å². The molecule has 0 saturated heterocycles. The van der Waals surface area contributed by atoms with Crippen LogP contribution in [0.15, 0.2) is 64.9 Å². The quantitative estimate of drug-likeness (QED) is 0.654. The van der Waals surface area contributed by atoms with E-state index < -0.39 is 10.0 Å². The second-order valence-electron chi connectivity index (χ2n) is 6.19. The second kappa shape index (κ2) is 7.94. The molecule has 0 spiro atoms. The van der Waals surface area contributed by atoms with E-state index in [9.17, 15) is 13.2 Å². The Morgan fingerprint density at radius 1 is 1.00 bits per heavy atom. The molecule has 0 radical (unpaired) electrons. The molecule has 0 saturated carbocycles. The number of anilines is 1. The van der Waals surface area contributed by atoms with E-state index in [1.165, 1.54) is 0 Å². The summed E-state index contributed by atoms with van der Waals surface area (Å²) in [7, 11) is -3.67. The fourth-order valence-electron chi connectivity index (χ4n) is 2.47. The fourth-order valence-corrected chi connectivity index (χ4v) is 4.26. The standard InChI is InChI=1S/C20H20N2O3S2/c1-14-5-10-19(12-15(14)2)27(24,25)22-17-8-6-16(7-9-17)20(23)21-13-18-4-3-11-26-18/h3-12,22H,13H2,1-2H3,(H,21,23). The Kier molecular flexibility index (Phi) is 5.62. The highest BCUT2D eigenvalue weighted by molar-refractivity contribution is 7.92. The lowest BCUT2D eigenvalue weighted by Crippen LogP contribution is -2.22. The van der Waals surface area contributed by atoms with Crippen LogP contribution in [0.2, 0.25) is 0 Å². The molecule has 0 bridgehead atoms. The van der Waals surface area contributed by atoms with Crippen LogP contribution in [0.3, 0.4) is 0 Å². The summed E-state index contributed by atoms with van der Waals surface area (Å²) in [4.78, 5) is 13.5. The number of carbonyl (C=O) groups excluding carboxylic acids is 1. The molecule has 7 heteroatoms. The van der Waals surface area contributed by atoms with Crippen molar-refractivity contribution in [1.29, 1.82) is 0 Å². The van der Waals surface area contributed by atoms with Gasteiger partial charge in [0.15, 0.2) is 0 Å². The van der Waals surface area contributed by atoms with Gasteiger partial charge < -0.3 is 5.32 Å². The van der Waals surface area contributed by atoms with Crippen LogP contribution in [0.5, 0.6) is 0 Å². The molecule has 1 amide bonds. The normalized spacial score (nSPS) is 11.2. The van der Waals surface area contributed by atoms with Crippen LogP contribution in [0.1, 0.15) is 26.4 Å². The lowest BCUT2D eigenvalue weighted by Gasteiger charge is -2.10. The van der Waals surface area contributed by atoms with E-state index in [0.717, 1.165) is 16.0 Å². The van der Waals surface area contributed by atoms with Crippen LogP contribution in [0, 0.1) is 13.8 Å². The van der Waals surface area contributed by atoms with Gasteiger partial charge in [-0.25, -0.2) is 8.42 Å². The largest absolute Gasteiger partial charge is 0.347 e. The molecule has 0 aliphatic carbocycles. The summed E-state index contributed by atoms with van der Waals surface area (Å²) >= 11 is 1.58. The third-order valence-electron chi connectivity index (χ3n) is 4.19. The van der Waals surface area contributed by atoms with Crippen molar-refractivity contribution in [2.24, 2.45) is 0 Å². The Labute approximate surface area is 163 Å². The topological polar surface area (TPSA) is 75.3 Å². The van der Waals surface area contributed by atoms with Crippen LogP contribution in [-0.2, 0) is 16.6 Å². The zero-order valence-corrected chi connectivity index (χ0v) is 16.7. The van der Waals surface area contributed by atoms with E-state index in [4.69, 9.17) is 0 Å². The Hall–Kier alpha value is -2.64. The van der Waals surface area contributed by atoms with Gasteiger partial charge in [0, 0.05) is 16.1 Å². The second-order valence-corrected chi connectivity index (χ2v) is 8.91. The Morgan fingerprint density at radius 3 is 2.37 bits per heavy atom. The third-order valence-corrected chi connectivity index (χ3v) is 6.45. The highest BCUT2D eigenvalue weighted by atomic mass is 32.2. The first-order valence-electron chi connectivity index (χ1n) is 8.36. The molecular weight excluding hydrogens is 380 g/mol. The first-order chi connectivity index (χ1) is 12.8. The van der Waals surface area contributed by atoms with E-state index in [2.05, 4.69) is 10.0 Å². The predicted molar refractivity (Wildman–Crippen MR) is 109 cm³/mol.